The van der Waals surface area contributed by atoms with Crippen LogP contribution in [-0.2, 0) is 20.7 Å². The van der Waals surface area contributed by atoms with Gasteiger partial charge in [0.25, 0.3) is 0 Å². The molecule has 1 amide bonds. The third-order valence-electron chi connectivity index (χ3n) is 5.04. The van der Waals surface area contributed by atoms with Crippen molar-refractivity contribution in [1.29, 1.82) is 0 Å². The minimum Gasteiger partial charge on any atom is -0.550 e. The molecule has 2 bridgehead atoms. The van der Waals surface area contributed by atoms with Gasteiger partial charge >= 0.3 is 0 Å². The molecule has 0 aliphatic carbocycles. The molecule has 0 aromatic heterocycles. The minimum absolute atomic E-state index is 0.179. The molecule has 0 N–H and O–H groups in total. The molecular weight excluding hydrogens is 282 g/mol. The summed E-state index contributed by atoms with van der Waals surface area (Å²) in [5.74, 6) is -2.96. The number of hydrogen-bond acceptors (Lipinski definition) is 4. The second-order valence-electron chi connectivity index (χ2n) is 6.13. The van der Waals surface area contributed by atoms with Gasteiger partial charge in [-0.25, -0.2) is 0 Å². The number of carbonyl (C=O) groups is 2. The first-order valence-electron chi connectivity index (χ1n) is 7.55. The third kappa shape index (κ3) is 1.57. The van der Waals surface area contributed by atoms with E-state index >= 15 is 0 Å². The number of aryl methyl sites for hydroxylation is 1. The average molecular weight is 298 g/mol. The SMILES string of the molecule is CCc1ccccc1N1C[C@@]23C=C[C@H](O2)[C@H](C(=O)[O-])[C@H]3C1=O. The summed E-state index contributed by atoms with van der Waals surface area (Å²) in [6.45, 7) is 2.40. The van der Waals surface area contributed by atoms with Gasteiger partial charge in [0, 0.05) is 17.6 Å². The fraction of sp³-hybridized carbons (Fsp3) is 0.412. The zero-order valence-electron chi connectivity index (χ0n) is 12.2. The molecule has 4 atom stereocenters. The van der Waals surface area contributed by atoms with Gasteiger partial charge in [0.1, 0.15) is 5.60 Å². The molecule has 5 heteroatoms. The Labute approximate surface area is 128 Å². The Kier molecular flexibility index (Phi) is 2.72. The maximum absolute atomic E-state index is 12.9. The Balaban J connectivity index is 1.77. The van der Waals surface area contributed by atoms with E-state index in [1.54, 1.807) is 11.0 Å². The third-order valence-corrected chi connectivity index (χ3v) is 5.04. The van der Waals surface area contributed by atoms with E-state index < -0.39 is 29.5 Å². The van der Waals surface area contributed by atoms with Crippen molar-refractivity contribution in [2.75, 3.05) is 11.4 Å². The van der Waals surface area contributed by atoms with Gasteiger partial charge in [-0.3, -0.25) is 4.79 Å². The Morgan fingerprint density at radius 2 is 2.23 bits per heavy atom. The van der Waals surface area contributed by atoms with Gasteiger partial charge in [0.05, 0.1) is 18.6 Å². The van der Waals surface area contributed by atoms with Crippen molar-refractivity contribution in [3.8, 4) is 0 Å². The Morgan fingerprint density at radius 1 is 1.45 bits per heavy atom. The molecule has 2 saturated heterocycles. The van der Waals surface area contributed by atoms with Crippen molar-refractivity contribution in [2.24, 2.45) is 11.8 Å². The van der Waals surface area contributed by atoms with E-state index in [1.807, 2.05) is 37.3 Å². The van der Waals surface area contributed by atoms with Crippen molar-refractivity contribution in [1.82, 2.24) is 0 Å². The molecule has 1 aromatic rings. The number of rotatable bonds is 3. The van der Waals surface area contributed by atoms with Crippen molar-refractivity contribution < 1.29 is 19.4 Å². The molecule has 114 valence electrons. The summed E-state index contributed by atoms with van der Waals surface area (Å²) in [6.07, 6.45) is 3.87. The van der Waals surface area contributed by atoms with Gasteiger partial charge in [-0.2, -0.15) is 0 Å². The van der Waals surface area contributed by atoms with Crippen LogP contribution in [0.15, 0.2) is 36.4 Å². The normalized spacial score (nSPS) is 35.2. The monoisotopic (exact) mass is 298 g/mol. The summed E-state index contributed by atoms with van der Waals surface area (Å²) >= 11 is 0. The molecule has 5 nitrogen and oxygen atoms in total. The van der Waals surface area contributed by atoms with Crippen LogP contribution in [0.5, 0.6) is 0 Å². The molecular formula is C17H16NO4-. The molecule has 0 radical (unpaired) electrons. The maximum atomic E-state index is 12.9. The van der Waals surface area contributed by atoms with Crippen LogP contribution in [0.4, 0.5) is 5.69 Å². The van der Waals surface area contributed by atoms with Gasteiger partial charge in [-0.15, -0.1) is 0 Å². The summed E-state index contributed by atoms with van der Waals surface area (Å²) in [6, 6.07) is 7.71. The number of nitrogens with zero attached hydrogens (tertiary/aromatic N) is 1. The largest absolute Gasteiger partial charge is 0.550 e. The number of carboxylic acid groups (broad SMARTS) is 1. The van der Waals surface area contributed by atoms with E-state index in [2.05, 4.69) is 0 Å². The van der Waals surface area contributed by atoms with Crippen LogP contribution >= 0.6 is 0 Å². The number of hydrogen-bond donors (Lipinski definition) is 0. The molecule has 3 heterocycles. The van der Waals surface area contributed by atoms with Crippen LogP contribution in [0.3, 0.4) is 0 Å². The molecule has 3 aliphatic rings. The number of para-hydroxylation sites is 1. The standard InChI is InChI=1S/C17H17NO4/c1-2-10-5-3-4-6-11(10)18-9-17-8-7-12(22-17)13(16(20)21)14(17)15(18)19/h3-8,12-14H,2,9H2,1H3,(H,20,21)/p-1/t12-,13-,14-,17+/m0/s1. The molecule has 1 spiro atoms. The van der Waals surface area contributed by atoms with E-state index in [-0.39, 0.29) is 5.91 Å². The van der Waals surface area contributed by atoms with Gasteiger partial charge in [0.2, 0.25) is 5.91 Å². The second kappa shape index (κ2) is 4.43. The van der Waals surface area contributed by atoms with Gasteiger partial charge in [-0.05, 0) is 18.1 Å². The number of aliphatic carboxylic acids is 1. The van der Waals surface area contributed by atoms with E-state index in [9.17, 15) is 14.7 Å². The Bertz CT molecular complexity index is 698. The fourth-order valence-corrected chi connectivity index (χ4v) is 4.04. The Hall–Kier alpha value is -2.14. The molecule has 0 unspecified atom stereocenters. The van der Waals surface area contributed by atoms with Crippen LogP contribution in [0.25, 0.3) is 0 Å². The van der Waals surface area contributed by atoms with E-state index in [1.165, 1.54) is 0 Å². The van der Waals surface area contributed by atoms with Crippen molar-refractivity contribution in [2.45, 2.75) is 25.0 Å². The summed E-state index contributed by atoms with van der Waals surface area (Å²) in [5, 5.41) is 11.4. The van der Waals surface area contributed by atoms with E-state index in [0.717, 1.165) is 17.7 Å². The smallest absolute Gasteiger partial charge is 0.234 e. The lowest BCUT2D eigenvalue weighted by Crippen LogP contribution is -2.45. The molecule has 0 saturated carbocycles. The summed E-state index contributed by atoms with van der Waals surface area (Å²) < 4.78 is 5.86. The number of carbonyl (C=O) groups excluding carboxylic acids is 2. The lowest BCUT2D eigenvalue weighted by molar-refractivity contribution is -0.313. The van der Waals surface area contributed by atoms with Crippen LogP contribution in [0.2, 0.25) is 0 Å². The second-order valence-corrected chi connectivity index (χ2v) is 6.13. The lowest BCUT2D eigenvalue weighted by Gasteiger charge is -2.24. The number of fused-ring (bicyclic) bond motifs is 1. The number of anilines is 1. The van der Waals surface area contributed by atoms with Gasteiger partial charge < -0.3 is 19.5 Å². The van der Waals surface area contributed by atoms with Crippen LogP contribution in [0, 0.1) is 11.8 Å². The molecule has 4 rings (SSSR count). The molecule has 22 heavy (non-hydrogen) atoms. The van der Waals surface area contributed by atoms with E-state index in [4.69, 9.17) is 4.74 Å². The molecule has 2 fully saturated rings. The van der Waals surface area contributed by atoms with Gasteiger partial charge in [0.15, 0.2) is 0 Å². The predicted octanol–water partition coefficient (Wildman–Crippen LogP) is 0.285. The highest BCUT2D eigenvalue weighted by molar-refractivity contribution is 6.02. The highest BCUT2D eigenvalue weighted by atomic mass is 16.5. The maximum Gasteiger partial charge on any atom is 0.234 e. The zero-order valence-corrected chi connectivity index (χ0v) is 12.2. The van der Waals surface area contributed by atoms with Crippen molar-refractivity contribution in [3.63, 3.8) is 0 Å². The Morgan fingerprint density at radius 3 is 2.95 bits per heavy atom. The topological polar surface area (TPSA) is 69.7 Å². The average Bonchev–Trinajstić information content (AvgIpc) is 3.15. The first-order chi connectivity index (χ1) is 10.6. The van der Waals surface area contributed by atoms with Crippen molar-refractivity contribution >= 4 is 17.6 Å². The summed E-state index contributed by atoms with van der Waals surface area (Å²) in [5.41, 5.74) is 1.10. The van der Waals surface area contributed by atoms with Crippen LogP contribution < -0.4 is 10.0 Å². The fourth-order valence-electron chi connectivity index (χ4n) is 4.04. The van der Waals surface area contributed by atoms with Gasteiger partial charge in [-0.1, -0.05) is 37.3 Å². The van der Waals surface area contributed by atoms with Crippen molar-refractivity contribution in [3.05, 3.63) is 42.0 Å². The zero-order chi connectivity index (χ0) is 15.5. The first kappa shape index (κ1) is 13.5. The van der Waals surface area contributed by atoms with Crippen LogP contribution in [0.1, 0.15) is 12.5 Å². The number of benzene rings is 1. The molecule has 1 aromatic carbocycles. The quantitative estimate of drug-likeness (QED) is 0.752. The first-order valence-corrected chi connectivity index (χ1v) is 7.55. The summed E-state index contributed by atoms with van der Waals surface area (Å²) in [7, 11) is 0. The minimum atomic E-state index is -1.21. The summed E-state index contributed by atoms with van der Waals surface area (Å²) in [4.78, 5) is 26.0. The predicted molar refractivity (Wildman–Crippen MR) is 76.9 cm³/mol. The lowest BCUT2D eigenvalue weighted by atomic mass is 9.77. The van der Waals surface area contributed by atoms with Crippen LogP contribution in [-0.4, -0.2) is 30.1 Å². The number of carboxylic acids is 1. The number of ether oxygens (including phenoxy) is 1. The molecule has 3 aliphatic heterocycles. The highest BCUT2D eigenvalue weighted by Crippen LogP contribution is 2.52. The van der Waals surface area contributed by atoms with E-state index in [0.29, 0.717) is 6.54 Å². The number of amides is 1. The highest BCUT2D eigenvalue weighted by Gasteiger charge is 2.65.